The smallest absolute Gasteiger partial charge is 0.233 e. The van der Waals surface area contributed by atoms with Crippen LogP contribution >= 0.6 is 11.6 Å². The van der Waals surface area contributed by atoms with Crippen LogP contribution in [0.4, 0.5) is 5.82 Å². The Labute approximate surface area is 145 Å². The predicted molar refractivity (Wildman–Crippen MR) is 90.3 cm³/mol. The van der Waals surface area contributed by atoms with Crippen LogP contribution in [0.1, 0.15) is 43.4 Å². The Kier molecular flexibility index (Phi) is 4.45. The van der Waals surface area contributed by atoms with E-state index in [0.29, 0.717) is 29.4 Å². The number of carbonyl (C=O) groups is 1. The number of anilines is 1. The van der Waals surface area contributed by atoms with Gasteiger partial charge in [0.2, 0.25) is 5.91 Å². The van der Waals surface area contributed by atoms with Crippen molar-refractivity contribution in [3.63, 3.8) is 0 Å². The summed E-state index contributed by atoms with van der Waals surface area (Å²) in [5.41, 5.74) is 1.10. The third-order valence-corrected chi connectivity index (χ3v) is 4.19. The Morgan fingerprint density at radius 3 is 3.04 bits per heavy atom. The molecule has 0 radical (unpaired) electrons. The SMILES string of the molecule is CC(C)n1cc(C#N)c(NC(=O)[C@H]2CCOc3ccc(Cl)cc32)n1. The van der Waals surface area contributed by atoms with E-state index in [1.165, 1.54) is 0 Å². The molecular weight excluding hydrogens is 328 g/mol. The van der Waals surface area contributed by atoms with Crippen LogP contribution in [-0.4, -0.2) is 22.3 Å². The van der Waals surface area contributed by atoms with Gasteiger partial charge in [-0.1, -0.05) is 11.6 Å². The first-order valence-corrected chi connectivity index (χ1v) is 8.09. The largest absolute Gasteiger partial charge is 0.493 e. The summed E-state index contributed by atoms with van der Waals surface area (Å²) in [4.78, 5) is 12.7. The minimum Gasteiger partial charge on any atom is -0.493 e. The maximum atomic E-state index is 12.7. The molecule has 0 aliphatic carbocycles. The summed E-state index contributed by atoms with van der Waals surface area (Å²) >= 11 is 6.05. The molecule has 6 nitrogen and oxygen atoms in total. The van der Waals surface area contributed by atoms with Crippen LogP contribution in [0.15, 0.2) is 24.4 Å². The highest BCUT2D eigenvalue weighted by Crippen LogP contribution is 2.36. The first kappa shape index (κ1) is 16.3. The van der Waals surface area contributed by atoms with E-state index in [1.807, 2.05) is 13.8 Å². The third kappa shape index (κ3) is 3.08. The van der Waals surface area contributed by atoms with E-state index in [-0.39, 0.29) is 23.7 Å². The molecule has 2 heterocycles. The van der Waals surface area contributed by atoms with Crippen LogP contribution in [0.5, 0.6) is 5.75 Å². The molecule has 0 saturated heterocycles. The van der Waals surface area contributed by atoms with Crippen LogP contribution < -0.4 is 10.1 Å². The Morgan fingerprint density at radius 1 is 1.54 bits per heavy atom. The standard InChI is InChI=1S/C17H17ClN4O2/c1-10(2)22-9-11(8-19)16(21-22)20-17(23)13-5-6-24-15-4-3-12(18)7-14(13)15/h3-4,7,9-10,13H,5-6H2,1-2H3,(H,20,21,23)/t13-/m0/s1. The number of halogens is 1. The molecule has 1 aliphatic rings. The molecule has 3 rings (SSSR count). The lowest BCUT2D eigenvalue weighted by molar-refractivity contribution is -0.118. The van der Waals surface area contributed by atoms with Crippen LogP contribution in [0.2, 0.25) is 5.02 Å². The highest BCUT2D eigenvalue weighted by atomic mass is 35.5. The predicted octanol–water partition coefficient (Wildman–Crippen LogP) is 3.49. The summed E-state index contributed by atoms with van der Waals surface area (Å²) in [6.07, 6.45) is 2.18. The van der Waals surface area contributed by atoms with Crippen molar-refractivity contribution in [2.24, 2.45) is 0 Å². The van der Waals surface area contributed by atoms with Crippen LogP contribution in [0.25, 0.3) is 0 Å². The van der Waals surface area contributed by atoms with E-state index in [1.54, 1.807) is 29.1 Å². The zero-order valence-corrected chi connectivity index (χ0v) is 14.2. The maximum absolute atomic E-state index is 12.7. The summed E-state index contributed by atoms with van der Waals surface area (Å²) in [6.45, 7) is 4.37. The second kappa shape index (κ2) is 6.54. The highest BCUT2D eigenvalue weighted by Gasteiger charge is 2.29. The second-order valence-electron chi connectivity index (χ2n) is 5.94. The first-order chi connectivity index (χ1) is 11.5. The molecule has 7 heteroatoms. The number of rotatable bonds is 3. The molecule has 0 saturated carbocycles. The Hall–Kier alpha value is -2.52. The van der Waals surface area contributed by atoms with E-state index in [4.69, 9.17) is 16.3 Å². The van der Waals surface area contributed by atoms with E-state index in [2.05, 4.69) is 16.5 Å². The van der Waals surface area contributed by atoms with E-state index >= 15 is 0 Å². The molecule has 1 aliphatic heterocycles. The number of aromatic nitrogens is 2. The van der Waals surface area contributed by atoms with Crippen molar-refractivity contribution in [3.05, 3.63) is 40.5 Å². The topological polar surface area (TPSA) is 79.9 Å². The normalized spacial score (nSPS) is 16.2. The van der Waals surface area contributed by atoms with E-state index in [0.717, 1.165) is 5.56 Å². The van der Waals surface area contributed by atoms with Crippen LogP contribution in [0.3, 0.4) is 0 Å². The molecule has 1 amide bonds. The summed E-state index contributed by atoms with van der Waals surface area (Å²) in [5, 5.41) is 16.9. The lowest BCUT2D eigenvalue weighted by atomic mass is 9.92. The number of nitriles is 1. The summed E-state index contributed by atoms with van der Waals surface area (Å²) in [7, 11) is 0. The summed E-state index contributed by atoms with van der Waals surface area (Å²) < 4.78 is 7.23. The lowest BCUT2D eigenvalue weighted by Gasteiger charge is -2.25. The zero-order chi connectivity index (χ0) is 17.3. The molecule has 1 aromatic heterocycles. The van der Waals surface area contributed by atoms with Gasteiger partial charge in [0.05, 0.1) is 12.5 Å². The number of nitrogens with zero attached hydrogens (tertiary/aromatic N) is 3. The van der Waals surface area contributed by atoms with Gasteiger partial charge in [-0.05, 0) is 38.5 Å². The average molecular weight is 345 g/mol. The van der Waals surface area contributed by atoms with Gasteiger partial charge in [0.15, 0.2) is 5.82 Å². The van der Waals surface area contributed by atoms with Crippen LogP contribution in [-0.2, 0) is 4.79 Å². The average Bonchev–Trinajstić information content (AvgIpc) is 2.97. The Balaban J connectivity index is 1.87. The fraction of sp³-hybridized carbons (Fsp3) is 0.353. The number of carbonyl (C=O) groups excluding carboxylic acids is 1. The van der Waals surface area contributed by atoms with Crippen molar-refractivity contribution < 1.29 is 9.53 Å². The number of fused-ring (bicyclic) bond motifs is 1. The van der Waals surface area contributed by atoms with Gasteiger partial charge in [0.1, 0.15) is 17.4 Å². The van der Waals surface area contributed by atoms with Gasteiger partial charge >= 0.3 is 0 Å². The number of hydrogen-bond acceptors (Lipinski definition) is 4. The molecule has 124 valence electrons. The minimum absolute atomic E-state index is 0.102. The first-order valence-electron chi connectivity index (χ1n) is 7.72. The molecule has 1 aromatic carbocycles. The summed E-state index contributed by atoms with van der Waals surface area (Å²) in [6, 6.07) is 7.42. The van der Waals surface area contributed by atoms with Crippen molar-refractivity contribution in [1.82, 2.24) is 9.78 Å². The monoisotopic (exact) mass is 344 g/mol. The third-order valence-electron chi connectivity index (χ3n) is 3.95. The molecule has 1 N–H and O–H groups in total. The maximum Gasteiger partial charge on any atom is 0.233 e. The van der Waals surface area contributed by atoms with Crippen molar-refractivity contribution in [1.29, 1.82) is 5.26 Å². The Bertz CT molecular complexity index is 822. The molecule has 1 atom stereocenters. The molecule has 0 bridgehead atoms. The summed E-state index contributed by atoms with van der Waals surface area (Å²) in [5.74, 6) is 0.348. The minimum atomic E-state index is -0.386. The quantitative estimate of drug-likeness (QED) is 0.924. The molecule has 0 unspecified atom stereocenters. The van der Waals surface area contributed by atoms with Gasteiger partial charge in [-0.3, -0.25) is 9.48 Å². The van der Waals surface area contributed by atoms with Crippen molar-refractivity contribution >= 4 is 23.3 Å². The van der Waals surface area contributed by atoms with Gasteiger partial charge in [-0.25, -0.2) is 0 Å². The number of amides is 1. The van der Waals surface area contributed by atoms with E-state index in [9.17, 15) is 10.1 Å². The number of ether oxygens (including phenoxy) is 1. The van der Waals surface area contributed by atoms with Crippen LogP contribution in [0, 0.1) is 11.3 Å². The van der Waals surface area contributed by atoms with Gasteiger partial charge in [0, 0.05) is 22.8 Å². The van der Waals surface area contributed by atoms with Crippen molar-refractivity contribution in [2.45, 2.75) is 32.2 Å². The number of benzene rings is 1. The van der Waals surface area contributed by atoms with Gasteiger partial charge in [-0.2, -0.15) is 10.4 Å². The van der Waals surface area contributed by atoms with Crippen molar-refractivity contribution in [2.75, 3.05) is 11.9 Å². The number of nitrogens with one attached hydrogen (secondary N) is 1. The fourth-order valence-electron chi connectivity index (χ4n) is 2.67. The zero-order valence-electron chi connectivity index (χ0n) is 13.4. The fourth-order valence-corrected chi connectivity index (χ4v) is 2.85. The van der Waals surface area contributed by atoms with Gasteiger partial charge in [0.25, 0.3) is 0 Å². The molecular formula is C17H17ClN4O2. The molecule has 24 heavy (non-hydrogen) atoms. The number of hydrogen-bond donors (Lipinski definition) is 1. The van der Waals surface area contributed by atoms with Crippen molar-refractivity contribution in [3.8, 4) is 11.8 Å². The lowest BCUT2D eigenvalue weighted by Crippen LogP contribution is -2.27. The van der Waals surface area contributed by atoms with E-state index < -0.39 is 0 Å². The molecule has 2 aromatic rings. The Morgan fingerprint density at radius 2 is 2.33 bits per heavy atom. The highest BCUT2D eigenvalue weighted by molar-refractivity contribution is 6.30. The molecule has 0 fully saturated rings. The molecule has 0 spiro atoms. The second-order valence-corrected chi connectivity index (χ2v) is 6.37. The van der Waals surface area contributed by atoms with Gasteiger partial charge < -0.3 is 10.1 Å². The van der Waals surface area contributed by atoms with Gasteiger partial charge in [-0.15, -0.1) is 0 Å².